The van der Waals surface area contributed by atoms with Gasteiger partial charge in [-0.2, -0.15) is 0 Å². The summed E-state index contributed by atoms with van der Waals surface area (Å²) in [5, 5.41) is 10.6. The number of esters is 4. The lowest BCUT2D eigenvalue weighted by Gasteiger charge is -2.21. The first-order valence-electron chi connectivity index (χ1n) is 37.7. The van der Waals surface area contributed by atoms with Crippen LogP contribution in [0.25, 0.3) is 0 Å². The van der Waals surface area contributed by atoms with Gasteiger partial charge < -0.3 is 33.8 Å². The molecule has 0 aliphatic carbocycles. The molecule has 0 heterocycles. The van der Waals surface area contributed by atoms with Crippen LogP contribution in [0, 0.1) is 17.8 Å². The summed E-state index contributed by atoms with van der Waals surface area (Å²) in [5.74, 6) is 0.0947. The molecule has 0 aliphatic heterocycles. The van der Waals surface area contributed by atoms with Gasteiger partial charge in [-0.05, 0) is 69.1 Å². The highest BCUT2D eigenvalue weighted by atomic mass is 31.2. The first-order chi connectivity index (χ1) is 44.8. The maximum atomic E-state index is 13.0. The van der Waals surface area contributed by atoms with Crippen molar-refractivity contribution in [3.8, 4) is 0 Å². The van der Waals surface area contributed by atoms with Crippen LogP contribution in [0.1, 0.15) is 350 Å². The number of phosphoric acid groups is 2. The van der Waals surface area contributed by atoms with Crippen LogP contribution in [-0.2, 0) is 65.4 Å². The van der Waals surface area contributed by atoms with Gasteiger partial charge in [-0.3, -0.25) is 37.3 Å². The minimum absolute atomic E-state index is 0.0837. The standard InChI is InChI=1S/C74H140O17P2/c1-8-11-12-13-14-15-16-17-19-24-27-30-33-43-50-57-73(78)90-69(62-85-72(77)56-49-42-36-34-39-46-53-66(6)9-2)63-88-92(80,81)86-59-68(75)60-87-93(82,83)89-64-70(91-74(79)58-51-44-37-35-40-47-54-67(7)10-3)61-84-71(76)55-48-41-32-29-26-23-21-18-20-22-25-28-31-38-45-52-65(4)5/h15-17,19,65-70,75H,8-14,18,20-64H2,1-7H3,(H,80,81)(H,82,83)/b16-15-,19-17-/t66?,67?,68-,69+,70+/m0/s1. The Balaban J connectivity index is 5.23. The minimum atomic E-state index is -4.96. The molecule has 3 N–H and O–H groups in total. The zero-order valence-corrected chi connectivity index (χ0v) is 62.0. The van der Waals surface area contributed by atoms with Crippen LogP contribution in [0.15, 0.2) is 24.3 Å². The molecule has 0 saturated heterocycles. The van der Waals surface area contributed by atoms with Gasteiger partial charge in [0, 0.05) is 25.7 Å². The summed E-state index contributed by atoms with van der Waals surface area (Å²) in [6, 6.07) is 0. The van der Waals surface area contributed by atoms with Crippen molar-refractivity contribution in [2.24, 2.45) is 17.8 Å². The molecule has 0 radical (unpaired) electrons. The molecule has 17 nitrogen and oxygen atoms in total. The first-order valence-corrected chi connectivity index (χ1v) is 40.7. The molecule has 19 heteroatoms. The molecule has 7 atom stereocenters. The lowest BCUT2D eigenvalue weighted by Crippen LogP contribution is -2.30. The van der Waals surface area contributed by atoms with Gasteiger partial charge in [0.2, 0.25) is 0 Å². The number of allylic oxidation sites excluding steroid dienone is 4. The van der Waals surface area contributed by atoms with Crippen molar-refractivity contribution in [1.82, 2.24) is 0 Å². The average molecular weight is 1360 g/mol. The second kappa shape index (κ2) is 64.2. The summed E-state index contributed by atoms with van der Waals surface area (Å²) in [4.78, 5) is 72.6. The molecule has 4 unspecified atom stereocenters. The van der Waals surface area contributed by atoms with Gasteiger partial charge >= 0.3 is 39.5 Å². The monoisotopic (exact) mass is 1360 g/mol. The molecule has 0 aliphatic rings. The van der Waals surface area contributed by atoms with E-state index in [1.165, 1.54) is 141 Å². The van der Waals surface area contributed by atoms with E-state index in [2.05, 4.69) is 72.8 Å². The zero-order valence-electron chi connectivity index (χ0n) is 60.2. The fourth-order valence-corrected chi connectivity index (χ4v) is 12.2. The molecule has 0 saturated carbocycles. The second-order valence-corrected chi connectivity index (χ2v) is 29.9. The van der Waals surface area contributed by atoms with E-state index in [-0.39, 0.29) is 25.7 Å². The number of rotatable bonds is 70. The lowest BCUT2D eigenvalue weighted by molar-refractivity contribution is -0.161. The van der Waals surface area contributed by atoms with E-state index < -0.39 is 97.5 Å². The third-order valence-electron chi connectivity index (χ3n) is 17.2. The molecule has 0 aromatic heterocycles. The number of phosphoric ester groups is 2. The second-order valence-electron chi connectivity index (χ2n) is 27.0. The van der Waals surface area contributed by atoms with Crippen molar-refractivity contribution in [3.05, 3.63) is 24.3 Å². The van der Waals surface area contributed by atoms with Crippen LogP contribution in [0.4, 0.5) is 0 Å². The van der Waals surface area contributed by atoms with Gasteiger partial charge in [-0.25, -0.2) is 9.13 Å². The third-order valence-corrected chi connectivity index (χ3v) is 19.1. The summed E-state index contributed by atoms with van der Waals surface area (Å²) in [6.07, 6.45) is 52.3. The maximum absolute atomic E-state index is 13.0. The number of unbranched alkanes of at least 4 members (excludes halogenated alkanes) is 33. The van der Waals surface area contributed by atoms with Crippen molar-refractivity contribution in [3.63, 3.8) is 0 Å². The summed E-state index contributed by atoms with van der Waals surface area (Å²) >= 11 is 0. The van der Waals surface area contributed by atoms with E-state index in [0.717, 1.165) is 127 Å². The van der Waals surface area contributed by atoms with Gasteiger partial charge in [0.15, 0.2) is 12.2 Å². The first kappa shape index (κ1) is 90.5. The molecule has 0 fully saturated rings. The average Bonchev–Trinajstić information content (AvgIpc) is 1.68. The smallest absolute Gasteiger partial charge is 0.462 e. The molecule has 0 aromatic carbocycles. The SMILES string of the molecule is CCCCCC/C=C\C=C/CCCCCCCC(=O)O[C@H](COC(=O)CCCCCCCCC(C)CC)COP(=O)(O)OC[C@H](O)COP(=O)(O)OC[C@@H](COC(=O)CCCCCCCCCCCCCCCCCC(C)C)OC(=O)CCCCCCCCC(C)CC. The largest absolute Gasteiger partial charge is 0.472 e. The summed E-state index contributed by atoms with van der Waals surface area (Å²) in [5.41, 5.74) is 0. The fourth-order valence-electron chi connectivity index (χ4n) is 10.6. The normalized spacial score (nSPS) is 14.9. The van der Waals surface area contributed by atoms with Crippen molar-refractivity contribution in [1.29, 1.82) is 0 Å². The Morgan fingerprint density at radius 1 is 0.355 bits per heavy atom. The van der Waals surface area contributed by atoms with E-state index in [1.807, 2.05) is 0 Å². The molecule has 0 aromatic rings. The van der Waals surface area contributed by atoms with Crippen molar-refractivity contribution in [2.45, 2.75) is 369 Å². The number of hydrogen-bond donors (Lipinski definition) is 3. The maximum Gasteiger partial charge on any atom is 0.472 e. The van der Waals surface area contributed by atoms with E-state index in [9.17, 15) is 43.2 Å². The van der Waals surface area contributed by atoms with Crippen LogP contribution >= 0.6 is 15.6 Å². The summed E-state index contributed by atoms with van der Waals surface area (Å²) in [6.45, 7) is 11.7. The van der Waals surface area contributed by atoms with Crippen LogP contribution in [0.3, 0.4) is 0 Å². The van der Waals surface area contributed by atoms with Crippen LogP contribution in [-0.4, -0.2) is 96.7 Å². The van der Waals surface area contributed by atoms with Gasteiger partial charge in [0.1, 0.15) is 19.3 Å². The Morgan fingerprint density at radius 2 is 0.634 bits per heavy atom. The molecule has 0 bridgehead atoms. The van der Waals surface area contributed by atoms with E-state index >= 15 is 0 Å². The number of ether oxygens (including phenoxy) is 4. The Hall–Kier alpha value is -2.46. The predicted octanol–water partition coefficient (Wildman–Crippen LogP) is 21.0. The molecule has 0 amide bonds. The van der Waals surface area contributed by atoms with Crippen molar-refractivity contribution < 1.29 is 80.2 Å². The molecule has 93 heavy (non-hydrogen) atoms. The Morgan fingerprint density at radius 3 is 0.957 bits per heavy atom. The van der Waals surface area contributed by atoms with Crippen LogP contribution in [0.2, 0.25) is 0 Å². The van der Waals surface area contributed by atoms with Gasteiger partial charge in [-0.1, -0.05) is 297 Å². The lowest BCUT2D eigenvalue weighted by atomic mass is 10.00. The number of hydrogen-bond acceptors (Lipinski definition) is 15. The molecule has 0 rings (SSSR count). The topological polar surface area (TPSA) is 237 Å². The molecular formula is C74H140O17P2. The zero-order chi connectivity index (χ0) is 68.7. The highest BCUT2D eigenvalue weighted by Gasteiger charge is 2.30. The summed E-state index contributed by atoms with van der Waals surface area (Å²) < 4.78 is 68.3. The van der Waals surface area contributed by atoms with Gasteiger partial charge in [-0.15, -0.1) is 0 Å². The Kier molecular flexibility index (Phi) is 62.5. The fraction of sp³-hybridized carbons (Fsp3) is 0.892. The number of aliphatic hydroxyl groups excluding tert-OH is 1. The van der Waals surface area contributed by atoms with E-state index in [0.29, 0.717) is 25.7 Å². The predicted molar refractivity (Wildman–Crippen MR) is 377 cm³/mol. The molecule has 0 spiro atoms. The van der Waals surface area contributed by atoms with Crippen LogP contribution in [0.5, 0.6) is 0 Å². The molecular weight excluding hydrogens is 1220 g/mol. The number of carbonyl (C=O) groups excluding carboxylic acids is 4. The van der Waals surface area contributed by atoms with Crippen molar-refractivity contribution in [2.75, 3.05) is 39.6 Å². The Labute approximate surface area is 567 Å². The quantitative estimate of drug-likeness (QED) is 0.0169. The van der Waals surface area contributed by atoms with Crippen molar-refractivity contribution >= 4 is 39.5 Å². The highest BCUT2D eigenvalue weighted by Crippen LogP contribution is 2.45. The number of carbonyl (C=O) groups is 4. The Bertz CT molecular complexity index is 1920. The van der Waals surface area contributed by atoms with E-state index in [1.54, 1.807) is 0 Å². The van der Waals surface area contributed by atoms with E-state index in [4.69, 9.17) is 37.0 Å². The van der Waals surface area contributed by atoms with Gasteiger partial charge in [0.25, 0.3) is 0 Å². The molecule has 548 valence electrons. The third kappa shape index (κ3) is 65.3. The summed E-state index contributed by atoms with van der Waals surface area (Å²) in [7, 11) is -9.92. The number of aliphatic hydroxyl groups is 1. The van der Waals surface area contributed by atoms with Gasteiger partial charge in [0.05, 0.1) is 26.4 Å². The minimum Gasteiger partial charge on any atom is -0.462 e. The highest BCUT2D eigenvalue weighted by molar-refractivity contribution is 7.47. The van der Waals surface area contributed by atoms with Crippen LogP contribution < -0.4 is 0 Å².